The first-order valence-corrected chi connectivity index (χ1v) is 8.94. The molecule has 0 saturated carbocycles. The fourth-order valence-electron chi connectivity index (χ4n) is 3.46. The molecule has 1 saturated heterocycles. The molecule has 7 heteroatoms. The summed E-state index contributed by atoms with van der Waals surface area (Å²) in [6.45, 7) is 3.24. The maximum absolute atomic E-state index is 9.32. The molecule has 1 fully saturated rings. The standard InChI is InChI=1S/C19H28N4O2.HI/c1-20-18(23-13-19(7-10-24)8-11-25-14-19)21-9-6-15-12-22-17-5-3-2-4-16(15)17;/h2-5,12,22,24H,6-11,13-14H2,1H3,(H2,20,21,23);1H. The fourth-order valence-corrected chi connectivity index (χ4v) is 3.46. The highest BCUT2D eigenvalue weighted by molar-refractivity contribution is 14.0. The van der Waals surface area contributed by atoms with Crippen LogP contribution in [-0.4, -0.2) is 56.0 Å². The van der Waals surface area contributed by atoms with Crippen LogP contribution >= 0.6 is 24.0 Å². The molecule has 1 aromatic carbocycles. The number of hydrogen-bond acceptors (Lipinski definition) is 3. The number of para-hydroxylation sites is 1. The number of benzene rings is 1. The monoisotopic (exact) mass is 472 g/mol. The molecule has 26 heavy (non-hydrogen) atoms. The summed E-state index contributed by atoms with van der Waals surface area (Å²) in [7, 11) is 1.78. The van der Waals surface area contributed by atoms with Crippen molar-refractivity contribution in [3.63, 3.8) is 0 Å². The van der Waals surface area contributed by atoms with E-state index in [-0.39, 0.29) is 36.0 Å². The zero-order chi connectivity index (χ0) is 17.5. The number of ether oxygens (including phenoxy) is 1. The van der Waals surface area contributed by atoms with Crippen molar-refractivity contribution in [2.75, 3.05) is 40.0 Å². The van der Waals surface area contributed by atoms with Gasteiger partial charge in [0.25, 0.3) is 0 Å². The molecule has 1 aromatic heterocycles. The Morgan fingerprint density at radius 3 is 2.92 bits per heavy atom. The molecule has 1 aliphatic rings. The molecule has 2 heterocycles. The number of hydrogen-bond donors (Lipinski definition) is 4. The smallest absolute Gasteiger partial charge is 0.191 e. The van der Waals surface area contributed by atoms with E-state index in [1.165, 1.54) is 16.5 Å². The van der Waals surface area contributed by atoms with Gasteiger partial charge in [0.2, 0.25) is 0 Å². The van der Waals surface area contributed by atoms with Crippen molar-refractivity contribution in [1.29, 1.82) is 0 Å². The molecule has 2 aromatic rings. The summed E-state index contributed by atoms with van der Waals surface area (Å²) in [6.07, 6.45) is 4.74. The molecular formula is C19H29IN4O2. The van der Waals surface area contributed by atoms with Gasteiger partial charge in [-0.1, -0.05) is 18.2 Å². The van der Waals surface area contributed by atoms with Gasteiger partial charge in [0.15, 0.2) is 5.96 Å². The molecule has 3 rings (SSSR count). The Morgan fingerprint density at radius 2 is 2.19 bits per heavy atom. The number of halogens is 1. The zero-order valence-corrected chi connectivity index (χ0v) is 17.6. The third-order valence-electron chi connectivity index (χ3n) is 5.04. The second-order valence-corrected chi connectivity index (χ2v) is 6.74. The number of fused-ring (bicyclic) bond motifs is 1. The summed E-state index contributed by atoms with van der Waals surface area (Å²) in [5, 5.41) is 17.4. The Labute approximate surface area is 171 Å². The molecule has 144 valence electrons. The number of rotatable bonds is 7. The van der Waals surface area contributed by atoms with Gasteiger partial charge in [-0.05, 0) is 30.9 Å². The van der Waals surface area contributed by atoms with Crippen LogP contribution < -0.4 is 10.6 Å². The zero-order valence-electron chi connectivity index (χ0n) is 15.3. The third kappa shape index (κ3) is 5.11. The predicted molar refractivity (Wildman–Crippen MR) is 116 cm³/mol. The van der Waals surface area contributed by atoms with Gasteiger partial charge in [0.05, 0.1) is 6.61 Å². The number of nitrogens with one attached hydrogen (secondary N) is 3. The van der Waals surface area contributed by atoms with Crippen LogP contribution in [0, 0.1) is 5.41 Å². The van der Waals surface area contributed by atoms with Gasteiger partial charge in [-0.25, -0.2) is 0 Å². The second kappa shape index (κ2) is 10.1. The first-order valence-electron chi connectivity index (χ1n) is 8.94. The van der Waals surface area contributed by atoms with E-state index in [1.54, 1.807) is 7.05 Å². The van der Waals surface area contributed by atoms with Crippen LogP contribution in [0.5, 0.6) is 0 Å². The summed E-state index contributed by atoms with van der Waals surface area (Å²) < 4.78 is 5.54. The Morgan fingerprint density at radius 1 is 1.35 bits per heavy atom. The number of H-pyrrole nitrogens is 1. The average molecular weight is 472 g/mol. The molecule has 1 aliphatic heterocycles. The Kier molecular flexibility index (Phi) is 8.17. The van der Waals surface area contributed by atoms with Crippen LogP contribution in [-0.2, 0) is 11.2 Å². The number of aromatic nitrogens is 1. The van der Waals surface area contributed by atoms with Gasteiger partial charge in [-0.3, -0.25) is 4.99 Å². The highest BCUT2D eigenvalue weighted by Gasteiger charge is 2.34. The molecule has 1 unspecified atom stereocenters. The van der Waals surface area contributed by atoms with Gasteiger partial charge < -0.3 is 25.5 Å². The molecule has 0 amide bonds. The predicted octanol–water partition coefficient (Wildman–Crippen LogP) is 2.28. The maximum Gasteiger partial charge on any atom is 0.191 e. The second-order valence-electron chi connectivity index (χ2n) is 6.74. The third-order valence-corrected chi connectivity index (χ3v) is 5.04. The number of guanidine groups is 1. The van der Waals surface area contributed by atoms with Crippen molar-refractivity contribution in [1.82, 2.24) is 15.6 Å². The normalized spacial score (nSPS) is 20.2. The van der Waals surface area contributed by atoms with E-state index < -0.39 is 0 Å². The summed E-state index contributed by atoms with van der Waals surface area (Å²) in [6, 6.07) is 8.35. The van der Waals surface area contributed by atoms with Crippen molar-refractivity contribution in [3.05, 3.63) is 36.0 Å². The summed E-state index contributed by atoms with van der Waals surface area (Å²) in [5.41, 5.74) is 2.50. The maximum atomic E-state index is 9.32. The number of aliphatic imine (C=N–C) groups is 1. The molecule has 0 aliphatic carbocycles. The molecule has 0 spiro atoms. The Balaban J connectivity index is 0.00000243. The van der Waals surface area contributed by atoms with E-state index in [1.807, 2.05) is 6.07 Å². The van der Waals surface area contributed by atoms with Crippen LogP contribution in [0.2, 0.25) is 0 Å². The van der Waals surface area contributed by atoms with Gasteiger partial charge in [-0.15, -0.1) is 24.0 Å². The summed E-state index contributed by atoms with van der Waals surface area (Å²) in [4.78, 5) is 7.62. The van der Waals surface area contributed by atoms with Crippen molar-refractivity contribution in [3.8, 4) is 0 Å². The highest BCUT2D eigenvalue weighted by Crippen LogP contribution is 2.31. The lowest BCUT2D eigenvalue weighted by atomic mass is 9.84. The SMILES string of the molecule is CN=C(NCCc1c[nH]c2ccccc12)NCC1(CCO)CCOC1.I. The molecule has 0 bridgehead atoms. The number of aliphatic hydroxyl groups excluding tert-OH is 1. The molecule has 4 N–H and O–H groups in total. The van der Waals surface area contributed by atoms with Crippen molar-refractivity contribution < 1.29 is 9.84 Å². The van der Waals surface area contributed by atoms with Crippen molar-refractivity contribution >= 4 is 40.8 Å². The van der Waals surface area contributed by atoms with E-state index in [2.05, 4.69) is 45.0 Å². The van der Waals surface area contributed by atoms with Gasteiger partial charge in [-0.2, -0.15) is 0 Å². The molecule has 0 radical (unpaired) electrons. The molecule has 6 nitrogen and oxygen atoms in total. The van der Waals surface area contributed by atoms with E-state index in [9.17, 15) is 5.11 Å². The topological polar surface area (TPSA) is 81.7 Å². The van der Waals surface area contributed by atoms with E-state index >= 15 is 0 Å². The van der Waals surface area contributed by atoms with Crippen LogP contribution in [0.25, 0.3) is 10.9 Å². The lowest BCUT2D eigenvalue weighted by molar-refractivity contribution is 0.127. The van der Waals surface area contributed by atoms with E-state index in [0.29, 0.717) is 6.61 Å². The van der Waals surface area contributed by atoms with Gasteiger partial charge in [0.1, 0.15) is 0 Å². The quantitative estimate of drug-likeness (QED) is 0.283. The van der Waals surface area contributed by atoms with Crippen LogP contribution in [0.15, 0.2) is 35.5 Å². The van der Waals surface area contributed by atoms with Crippen LogP contribution in [0.1, 0.15) is 18.4 Å². The van der Waals surface area contributed by atoms with Crippen LogP contribution in [0.3, 0.4) is 0 Å². The van der Waals surface area contributed by atoms with E-state index in [4.69, 9.17) is 4.74 Å². The van der Waals surface area contributed by atoms with Crippen LogP contribution in [0.4, 0.5) is 0 Å². The minimum Gasteiger partial charge on any atom is -0.396 e. The first-order chi connectivity index (χ1) is 12.3. The Hall–Kier alpha value is -1.32. The van der Waals surface area contributed by atoms with Crippen molar-refractivity contribution in [2.45, 2.75) is 19.3 Å². The minimum atomic E-state index is 0. The average Bonchev–Trinajstić information content (AvgIpc) is 3.26. The number of aliphatic hydroxyl groups is 1. The lowest BCUT2D eigenvalue weighted by Gasteiger charge is -2.27. The highest BCUT2D eigenvalue weighted by atomic mass is 127. The summed E-state index contributed by atoms with van der Waals surface area (Å²) in [5.74, 6) is 0.795. The number of aromatic amines is 1. The van der Waals surface area contributed by atoms with E-state index in [0.717, 1.165) is 44.9 Å². The first kappa shape index (κ1) is 21.0. The van der Waals surface area contributed by atoms with Crippen molar-refractivity contribution in [2.24, 2.45) is 10.4 Å². The summed E-state index contributed by atoms with van der Waals surface area (Å²) >= 11 is 0. The molecule has 1 atom stereocenters. The van der Waals surface area contributed by atoms with Gasteiger partial charge >= 0.3 is 0 Å². The minimum absolute atomic E-state index is 0. The fraction of sp³-hybridized carbons (Fsp3) is 0.526. The van der Waals surface area contributed by atoms with Gasteiger partial charge in [0, 0.05) is 55.9 Å². The number of nitrogens with zero attached hydrogens (tertiary/aromatic N) is 1. The lowest BCUT2D eigenvalue weighted by Crippen LogP contribution is -2.45. The molecular weight excluding hydrogens is 443 g/mol. The Bertz CT molecular complexity index is 710. The largest absolute Gasteiger partial charge is 0.396 e.